The summed E-state index contributed by atoms with van der Waals surface area (Å²) in [5.74, 6) is -4.85. The van der Waals surface area contributed by atoms with Crippen molar-refractivity contribution in [3.8, 4) is 0 Å². The van der Waals surface area contributed by atoms with E-state index >= 15 is 0 Å². The first kappa shape index (κ1) is 42.9. The number of aliphatic hydroxyl groups is 1. The van der Waals surface area contributed by atoms with Crippen molar-refractivity contribution in [3.63, 3.8) is 0 Å². The summed E-state index contributed by atoms with van der Waals surface area (Å²) in [5.41, 5.74) is 5.84. The largest absolute Gasteiger partial charge is 0.460 e. The van der Waals surface area contributed by atoms with E-state index in [1.165, 1.54) is 31.1 Å². The third-order valence-electron chi connectivity index (χ3n) is 10.1. The van der Waals surface area contributed by atoms with E-state index < -0.39 is 78.4 Å². The van der Waals surface area contributed by atoms with Gasteiger partial charge in [0.2, 0.25) is 29.5 Å². The minimum absolute atomic E-state index is 0.260. The van der Waals surface area contributed by atoms with Crippen LogP contribution in [0.1, 0.15) is 118 Å². The van der Waals surface area contributed by atoms with E-state index in [0.29, 0.717) is 19.3 Å². The summed E-state index contributed by atoms with van der Waals surface area (Å²) in [6.45, 7) is 7.91. The summed E-state index contributed by atoms with van der Waals surface area (Å²) < 4.78 is 5.82. The van der Waals surface area contributed by atoms with Crippen LogP contribution in [0.15, 0.2) is 0 Å². The van der Waals surface area contributed by atoms with Crippen molar-refractivity contribution < 1.29 is 38.6 Å². The maximum absolute atomic E-state index is 14.0. The number of hydrogen-bond acceptors (Lipinski definition) is 9. The quantitative estimate of drug-likeness (QED) is 0.108. The second-order valence-electron chi connectivity index (χ2n) is 14.3. The predicted octanol–water partition coefficient (Wildman–Crippen LogP) is 1.66. The van der Waals surface area contributed by atoms with Crippen LogP contribution in [0.3, 0.4) is 0 Å². The highest BCUT2D eigenvalue weighted by atomic mass is 16.5. The predicted molar refractivity (Wildman–Crippen MR) is 189 cm³/mol. The molecule has 1 aliphatic heterocycles. The number of aliphatic hydroxyl groups excluding tert-OH is 1. The fourth-order valence-corrected chi connectivity index (χ4v) is 6.22. The van der Waals surface area contributed by atoms with Gasteiger partial charge in [-0.15, -0.1) is 0 Å². The van der Waals surface area contributed by atoms with E-state index in [9.17, 15) is 33.9 Å². The maximum atomic E-state index is 14.0. The van der Waals surface area contributed by atoms with Crippen molar-refractivity contribution in [2.75, 3.05) is 20.1 Å². The zero-order valence-corrected chi connectivity index (χ0v) is 31.1. The minimum atomic E-state index is -1.47. The van der Waals surface area contributed by atoms with Crippen molar-refractivity contribution in [2.45, 2.75) is 154 Å². The van der Waals surface area contributed by atoms with Crippen LogP contribution in [-0.2, 0) is 33.5 Å². The van der Waals surface area contributed by atoms with E-state index in [4.69, 9.17) is 10.5 Å². The molecule has 50 heavy (non-hydrogen) atoms. The second kappa shape index (κ2) is 21.8. The fraction of sp³-hybridized carbons (Fsp3) is 0.833. The van der Waals surface area contributed by atoms with Gasteiger partial charge in [0, 0.05) is 13.6 Å². The molecule has 0 bridgehead atoms. The summed E-state index contributed by atoms with van der Waals surface area (Å²) in [7, 11) is 1.56. The lowest BCUT2D eigenvalue weighted by Gasteiger charge is -2.34. The highest BCUT2D eigenvalue weighted by Gasteiger charge is 2.40. The Kier molecular flexibility index (Phi) is 18.7. The maximum Gasteiger partial charge on any atom is 0.325 e. The minimum Gasteiger partial charge on any atom is -0.460 e. The molecule has 14 nitrogen and oxygen atoms in total. The van der Waals surface area contributed by atoms with E-state index in [1.54, 1.807) is 20.9 Å². The van der Waals surface area contributed by atoms with Gasteiger partial charge in [-0.2, -0.15) is 0 Å². The molecule has 1 aliphatic carbocycles. The van der Waals surface area contributed by atoms with Crippen LogP contribution < -0.4 is 27.0 Å². The van der Waals surface area contributed by atoms with Gasteiger partial charge in [-0.05, 0) is 38.0 Å². The van der Waals surface area contributed by atoms with Crippen molar-refractivity contribution in [3.05, 3.63) is 0 Å². The third-order valence-corrected chi connectivity index (χ3v) is 10.1. The summed E-state index contributed by atoms with van der Waals surface area (Å²) in [4.78, 5) is 82.3. The highest BCUT2D eigenvalue weighted by Crippen LogP contribution is 2.35. The molecule has 0 spiro atoms. The van der Waals surface area contributed by atoms with Crippen LogP contribution >= 0.6 is 0 Å². The Balaban J connectivity index is 2.42. The van der Waals surface area contributed by atoms with Crippen LogP contribution in [0, 0.1) is 17.8 Å². The Morgan fingerprint density at radius 3 is 2.00 bits per heavy atom. The molecule has 0 aromatic carbocycles. The number of nitrogens with zero attached hydrogens (tertiary/aromatic N) is 1. The van der Waals surface area contributed by atoms with E-state index in [1.807, 2.05) is 6.92 Å². The number of hydrogen-bond donors (Lipinski definition) is 6. The van der Waals surface area contributed by atoms with Gasteiger partial charge in [-0.1, -0.05) is 91.9 Å². The van der Waals surface area contributed by atoms with E-state index in [-0.39, 0.29) is 24.3 Å². The molecular weight excluding hydrogens is 644 g/mol. The average Bonchev–Trinajstić information content (AvgIpc) is 3.92. The molecule has 2 fully saturated rings. The van der Waals surface area contributed by atoms with Gasteiger partial charge in [0.15, 0.2) is 0 Å². The number of ether oxygens (including phenoxy) is 1. The van der Waals surface area contributed by atoms with Crippen molar-refractivity contribution in [1.82, 2.24) is 26.2 Å². The number of cyclic esters (lactones) is 1. The molecule has 8 atom stereocenters. The third kappa shape index (κ3) is 13.8. The number of esters is 1. The monoisotopic (exact) mass is 708 g/mol. The Hall–Kier alpha value is -3.26. The molecule has 2 aliphatic rings. The van der Waals surface area contributed by atoms with Crippen LogP contribution in [0.5, 0.6) is 0 Å². The van der Waals surface area contributed by atoms with Gasteiger partial charge >= 0.3 is 5.97 Å². The normalized spacial score (nSPS) is 27.9. The molecule has 1 saturated heterocycles. The molecular formula is C36H64N6O8. The highest BCUT2D eigenvalue weighted by molar-refractivity contribution is 5.96. The summed E-state index contributed by atoms with van der Waals surface area (Å²) >= 11 is 0. The van der Waals surface area contributed by atoms with E-state index in [0.717, 1.165) is 44.9 Å². The lowest BCUT2D eigenvalue weighted by Crippen LogP contribution is -2.62. The SMILES string of the molecule is CCCCCCCCCC[C@H]1OC(=O)CNC(=O)[C@H](C(C)O)NC(=O)[C@H](CN)NC(=O)[C@H](C(C)CC)NC(=O)[C@H](CC2CC2)N(C)C(=O)[C@@H]1C. The smallest absolute Gasteiger partial charge is 0.325 e. The molecule has 7 N–H and O–H groups in total. The average molecular weight is 709 g/mol. The summed E-state index contributed by atoms with van der Waals surface area (Å²) in [6, 6.07) is -4.70. The van der Waals surface area contributed by atoms with Crippen molar-refractivity contribution in [2.24, 2.45) is 23.5 Å². The van der Waals surface area contributed by atoms with Crippen LogP contribution in [0.2, 0.25) is 0 Å². The number of likely N-dealkylation sites (N-methyl/N-ethyl adjacent to an activating group) is 1. The van der Waals surface area contributed by atoms with Gasteiger partial charge in [-0.25, -0.2) is 0 Å². The zero-order valence-electron chi connectivity index (χ0n) is 31.1. The van der Waals surface area contributed by atoms with Gasteiger partial charge < -0.3 is 41.7 Å². The molecule has 0 radical (unpaired) electrons. The number of carbonyl (C=O) groups is 6. The molecule has 1 saturated carbocycles. The Bertz CT molecular complexity index is 1130. The fourth-order valence-electron chi connectivity index (χ4n) is 6.22. The molecule has 14 heteroatoms. The number of rotatable bonds is 15. The van der Waals surface area contributed by atoms with Gasteiger partial charge in [0.1, 0.15) is 36.8 Å². The second-order valence-corrected chi connectivity index (χ2v) is 14.3. The number of amides is 5. The number of nitrogens with two attached hydrogens (primary N) is 1. The Morgan fingerprint density at radius 1 is 0.840 bits per heavy atom. The van der Waals surface area contributed by atoms with Crippen LogP contribution in [0.4, 0.5) is 0 Å². The van der Waals surface area contributed by atoms with Crippen LogP contribution in [0.25, 0.3) is 0 Å². The zero-order chi connectivity index (χ0) is 37.4. The van der Waals surface area contributed by atoms with Crippen LogP contribution in [-0.4, -0.2) is 102 Å². The van der Waals surface area contributed by atoms with E-state index in [2.05, 4.69) is 28.2 Å². The lowest BCUT2D eigenvalue weighted by molar-refractivity contribution is -0.157. The number of unbranched alkanes of at least 4 members (excludes halogenated alkanes) is 7. The van der Waals surface area contributed by atoms with Gasteiger partial charge in [0.25, 0.3) is 0 Å². The first-order chi connectivity index (χ1) is 23.7. The molecule has 5 amide bonds. The molecule has 1 heterocycles. The van der Waals surface area contributed by atoms with Crippen molar-refractivity contribution >= 4 is 35.5 Å². The summed E-state index contributed by atoms with van der Waals surface area (Å²) in [5, 5.41) is 20.6. The number of nitrogens with one attached hydrogen (secondary N) is 4. The van der Waals surface area contributed by atoms with Crippen molar-refractivity contribution in [1.29, 1.82) is 0 Å². The molecule has 0 aromatic rings. The summed E-state index contributed by atoms with van der Waals surface area (Å²) in [6.07, 6.45) is 9.53. The standard InChI is InChI=1S/C36H64N6O8/c1-7-9-10-11-12-13-14-15-16-28-23(4)36(49)42(6)27(19-25-17-18-25)33(46)40-30(22(3)8-2)35(48)39-26(20-37)32(45)41-31(24(5)43)34(47)38-21-29(44)50-28/h22-28,30-31,43H,7-21,37H2,1-6H3,(H,38,47)(H,39,48)(H,40,46)(H,41,45)/t22?,23-,24?,26+,27+,28-,30+,31+/m1/s1. The molecule has 2 rings (SSSR count). The Morgan fingerprint density at radius 2 is 1.44 bits per heavy atom. The number of carbonyl (C=O) groups excluding carboxylic acids is 6. The Labute approximate surface area is 298 Å². The lowest BCUT2D eigenvalue weighted by atomic mass is 9.94. The molecule has 2 unspecified atom stereocenters. The van der Waals surface area contributed by atoms with Gasteiger partial charge in [-0.3, -0.25) is 28.8 Å². The topological polar surface area (TPSA) is 209 Å². The molecule has 286 valence electrons. The molecule has 0 aromatic heterocycles. The first-order valence-electron chi connectivity index (χ1n) is 18.8. The first-order valence-corrected chi connectivity index (χ1v) is 18.8. The van der Waals surface area contributed by atoms with Gasteiger partial charge in [0.05, 0.1) is 12.0 Å².